The van der Waals surface area contributed by atoms with Gasteiger partial charge in [0.1, 0.15) is 11.3 Å². The van der Waals surface area contributed by atoms with Gasteiger partial charge in [-0.05, 0) is 13.0 Å². The van der Waals surface area contributed by atoms with Gasteiger partial charge in [0.25, 0.3) is 0 Å². The molecule has 0 aliphatic heterocycles. The van der Waals surface area contributed by atoms with Crippen molar-refractivity contribution in [2.24, 2.45) is 0 Å². The molecule has 0 spiro atoms. The van der Waals surface area contributed by atoms with E-state index in [1.165, 1.54) is 12.3 Å². The first-order valence-corrected chi connectivity index (χ1v) is 5.44. The lowest BCUT2D eigenvalue weighted by Gasteiger charge is -2.03. The van der Waals surface area contributed by atoms with E-state index in [1.54, 1.807) is 12.4 Å². The third-order valence-electron chi connectivity index (χ3n) is 2.40. The number of carboxylic acids is 1. The predicted octanol–water partition coefficient (Wildman–Crippen LogP) is 1.37. The zero-order valence-corrected chi connectivity index (χ0v) is 9.88. The van der Waals surface area contributed by atoms with Gasteiger partial charge in [-0.15, -0.1) is 0 Å². The van der Waals surface area contributed by atoms with Gasteiger partial charge in [0.15, 0.2) is 0 Å². The molecule has 94 valence electrons. The summed E-state index contributed by atoms with van der Waals surface area (Å²) < 4.78 is 5.10. The summed E-state index contributed by atoms with van der Waals surface area (Å²) in [7, 11) is 0. The Morgan fingerprint density at radius 3 is 2.89 bits per heavy atom. The van der Waals surface area contributed by atoms with Crippen LogP contribution in [0.15, 0.2) is 29.1 Å². The van der Waals surface area contributed by atoms with Crippen LogP contribution in [0.4, 0.5) is 0 Å². The first-order chi connectivity index (χ1) is 8.66. The molecule has 0 aliphatic rings. The largest absolute Gasteiger partial charge is 0.478 e. The Morgan fingerprint density at radius 2 is 2.22 bits per heavy atom. The Morgan fingerprint density at radius 1 is 1.39 bits per heavy atom. The van der Waals surface area contributed by atoms with Gasteiger partial charge in [-0.1, -0.05) is 0 Å². The molecule has 2 N–H and O–H groups in total. The highest BCUT2D eigenvalue weighted by atomic mass is 16.4. The molecule has 2 heterocycles. The van der Waals surface area contributed by atoms with Gasteiger partial charge in [-0.25, -0.2) is 4.79 Å². The van der Waals surface area contributed by atoms with Gasteiger partial charge >= 0.3 is 5.97 Å². The molecule has 0 atom stereocenters. The van der Waals surface area contributed by atoms with Crippen LogP contribution in [0, 0.1) is 6.92 Å². The zero-order valence-electron chi connectivity index (χ0n) is 9.88. The number of hydrogen-bond acceptors (Lipinski definition) is 5. The third kappa shape index (κ3) is 2.92. The van der Waals surface area contributed by atoms with Crippen LogP contribution >= 0.6 is 0 Å². The van der Waals surface area contributed by atoms with E-state index in [4.69, 9.17) is 9.52 Å². The number of aromatic carboxylic acids is 1. The highest BCUT2D eigenvalue weighted by molar-refractivity contribution is 5.88. The van der Waals surface area contributed by atoms with Crippen LogP contribution < -0.4 is 5.32 Å². The number of rotatable bonds is 5. The van der Waals surface area contributed by atoms with E-state index in [1.807, 2.05) is 6.92 Å². The molecule has 0 aromatic carbocycles. The number of hydrogen-bond donors (Lipinski definition) is 2. The van der Waals surface area contributed by atoms with Crippen molar-refractivity contribution in [3.63, 3.8) is 0 Å². The normalized spacial score (nSPS) is 10.5. The Labute approximate surface area is 104 Å². The number of aromatic nitrogens is 2. The average Bonchev–Trinajstić information content (AvgIpc) is 2.80. The monoisotopic (exact) mass is 247 g/mol. The summed E-state index contributed by atoms with van der Waals surface area (Å²) in [6, 6.07) is 1.44. The lowest BCUT2D eigenvalue weighted by molar-refractivity contribution is 0.0694. The quantitative estimate of drug-likeness (QED) is 0.829. The molecule has 0 amide bonds. The van der Waals surface area contributed by atoms with Crippen LogP contribution in [0.1, 0.15) is 27.5 Å². The van der Waals surface area contributed by atoms with E-state index in [0.29, 0.717) is 18.8 Å². The molecule has 0 aliphatic carbocycles. The molecule has 0 saturated heterocycles. The fraction of sp³-hybridized carbons (Fsp3) is 0.250. The van der Waals surface area contributed by atoms with E-state index < -0.39 is 5.97 Å². The third-order valence-corrected chi connectivity index (χ3v) is 2.40. The summed E-state index contributed by atoms with van der Waals surface area (Å²) in [4.78, 5) is 19.1. The molecular formula is C12H13N3O3. The van der Waals surface area contributed by atoms with Crippen LogP contribution in [0.3, 0.4) is 0 Å². The van der Waals surface area contributed by atoms with Crippen LogP contribution in [-0.2, 0) is 13.1 Å². The van der Waals surface area contributed by atoms with E-state index in [9.17, 15) is 4.79 Å². The highest BCUT2D eigenvalue weighted by Gasteiger charge is 2.12. The van der Waals surface area contributed by atoms with Crippen molar-refractivity contribution in [2.75, 3.05) is 0 Å². The molecule has 2 aromatic rings. The Hall–Kier alpha value is -2.21. The van der Waals surface area contributed by atoms with Crippen molar-refractivity contribution in [3.8, 4) is 0 Å². The standard InChI is InChI=1S/C12H13N3O3/c1-8-4-15-9(6-14-8)5-13-7-11-10(12(16)17)2-3-18-11/h2-4,6,13H,5,7H2,1H3,(H,16,17). The molecule has 2 aromatic heterocycles. The Balaban J connectivity index is 1.90. The number of aryl methyl sites for hydroxylation is 1. The molecule has 0 unspecified atom stereocenters. The topological polar surface area (TPSA) is 88.2 Å². The van der Waals surface area contributed by atoms with E-state index in [0.717, 1.165) is 11.4 Å². The van der Waals surface area contributed by atoms with Crippen molar-refractivity contribution in [3.05, 3.63) is 47.4 Å². The molecule has 0 bridgehead atoms. The van der Waals surface area contributed by atoms with Crippen molar-refractivity contribution in [2.45, 2.75) is 20.0 Å². The minimum absolute atomic E-state index is 0.178. The first-order valence-electron chi connectivity index (χ1n) is 5.44. The first kappa shape index (κ1) is 12.3. The van der Waals surface area contributed by atoms with Gasteiger partial charge in [-0.3, -0.25) is 9.97 Å². The minimum Gasteiger partial charge on any atom is -0.478 e. The minimum atomic E-state index is -0.990. The maximum absolute atomic E-state index is 10.8. The smallest absolute Gasteiger partial charge is 0.339 e. The lowest BCUT2D eigenvalue weighted by Crippen LogP contribution is -2.15. The van der Waals surface area contributed by atoms with Gasteiger partial charge in [-0.2, -0.15) is 0 Å². The van der Waals surface area contributed by atoms with Crippen molar-refractivity contribution in [1.29, 1.82) is 0 Å². The fourth-order valence-corrected chi connectivity index (χ4v) is 1.48. The summed E-state index contributed by atoms with van der Waals surface area (Å²) in [5.74, 6) is -0.585. The molecule has 0 fully saturated rings. The molecule has 6 heteroatoms. The Bertz CT molecular complexity index is 534. The van der Waals surface area contributed by atoms with Crippen molar-refractivity contribution >= 4 is 5.97 Å². The summed E-state index contributed by atoms with van der Waals surface area (Å²) in [5.41, 5.74) is 1.83. The van der Waals surface area contributed by atoms with Gasteiger partial charge in [0.2, 0.25) is 0 Å². The molecule has 18 heavy (non-hydrogen) atoms. The highest BCUT2D eigenvalue weighted by Crippen LogP contribution is 2.10. The molecule has 0 saturated carbocycles. The number of furan rings is 1. The van der Waals surface area contributed by atoms with Crippen molar-refractivity contribution in [1.82, 2.24) is 15.3 Å². The van der Waals surface area contributed by atoms with Crippen LogP contribution in [0.5, 0.6) is 0 Å². The maximum atomic E-state index is 10.8. The Kier molecular flexibility index (Phi) is 3.69. The maximum Gasteiger partial charge on any atom is 0.339 e. The lowest BCUT2D eigenvalue weighted by atomic mass is 10.2. The van der Waals surface area contributed by atoms with Crippen LogP contribution in [0.25, 0.3) is 0 Å². The zero-order chi connectivity index (χ0) is 13.0. The number of nitrogens with zero attached hydrogens (tertiary/aromatic N) is 2. The average molecular weight is 247 g/mol. The van der Waals surface area contributed by atoms with Crippen molar-refractivity contribution < 1.29 is 14.3 Å². The van der Waals surface area contributed by atoms with E-state index in [2.05, 4.69) is 15.3 Å². The second-order valence-electron chi connectivity index (χ2n) is 3.82. The molecule has 0 radical (unpaired) electrons. The number of carboxylic acid groups (broad SMARTS) is 1. The van der Waals surface area contributed by atoms with Crippen LogP contribution in [-0.4, -0.2) is 21.0 Å². The fourth-order valence-electron chi connectivity index (χ4n) is 1.48. The predicted molar refractivity (Wildman–Crippen MR) is 63.0 cm³/mol. The van der Waals surface area contributed by atoms with E-state index >= 15 is 0 Å². The molecule has 6 nitrogen and oxygen atoms in total. The molecule has 2 rings (SSSR count). The SMILES string of the molecule is Cc1cnc(CNCc2occc2C(=O)O)cn1. The summed E-state index contributed by atoms with van der Waals surface area (Å²) in [6.45, 7) is 2.71. The second kappa shape index (κ2) is 5.42. The van der Waals surface area contributed by atoms with E-state index in [-0.39, 0.29) is 5.56 Å². The number of nitrogens with one attached hydrogen (secondary N) is 1. The number of carbonyl (C=O) groups is 1. The van der Waals surface area contributed by atoms with Gasteiger partial charge in [0, 0.05) is 18.9 Å². The summed E-state index contributed by atoms with van der Waals surface area (Å²) in [6.07, 6.45) is 4.74. The second-order valence-corrected chi connectivity index (χ2v) is 3.82. The van der Waals surface area contributed by atoms with Gasteiger partial charge in [0.05, 0.1) is 24.2 Å². The van der Waals surface area contributed by atoms with Gasteiger partial charge < -0.3 is 14.8 Å². The molecular weight excluding hydrogens is 234 g/mol. The summed E-state index contributed by atoms with van der Waals surface area (Å²) in [5, 5.41) is 12.0. The van der Waals surface area contributed by atoms with Crippen LogP contribution in [0.2, 0.25) is 0 Å². The summed E-state index contributed by atoms with van der Waals surface area (Å²) >= 11 is 0.